The minimum atomic E-state index is -1.45. The van der Waals surface area contributed by atoms with Crippen molar-refractivity contribution >= 4 is 35.0 Å². The van der Waals surface area contributed by atoms with Crippen molar-refractivity contribution in [2.45, 2.75) is 26.3 Å². The van der Waals surface area contributed by atoms with Crippen LogP contribution in [-0.2, 0) is 9.59 Å². The van der Waals surface area contributed by atoms with Gasteiger partial charge in [-0.2, -0.15) is 0 Å². The molecule has 7 heteroatoms. The predicted octanol–water partition coefficient (Wildman–Crippen LogP) is 4.90. The van der Waals surface area contributed by atoms with Gasteiger partial charge in [0.25, 0.3) is 11.8 Å². The van der Waals surface area contributed by atoms with Gasteiger partial charge in [-0.1, -0.05) is 62.4 Å². The standard InChI is InChI=1S/C27H27N3O4/c1-19(2)17-18-29-22-15-9-10-16-23(22)30(20-11-5-3-6-12-20)26(32)24(25(29)31)28-27(33)34-21-13-7-4-8-14-21/h3-16,19,24H,17-18H2,1-2H3,(H,28,33). The monoisotopic (exact) mass is 457 g/mol. The number of hydrogen-bond donors (Lipinski definition) is 1. The Labute approximate surface area is 198 Å². The van der Waals surface area contributed by atoms with Crippen LogP contribution in [0.2, 0.25) is 0 Å². The van der Waals surface area contributed by atoms with Gasteiger partial charge in [-0.05, 0) is 48.7 Å². The Morgan fingerprint density at radius 3 is 2.09 bits per heavy atom. The van der Waals surface area contributed by atoms with Crippen molar-refractivity contribution < 1.29 is 19.1 Å². The summed E-state index contributed by atoms with van der Waals surface area (Å²) in [6.45, 7) is 4.56. The highest BCUT2D eigenvalue weighted by Gasteiger charge is 2.42. The zero-order valence-electron chi connectivity index (χ0n) is 19.2. The van der Waals surface area contributed by atoms with E-state index in [9.17, 15) is 14.4 Å². The number of para-hydroxylation sites is 4. The van der Waals surface area contributed by atoms with Gasteiger partial charge >= 0.3 is 6.09 Å². The van der Waals surface area contributed by atoms with Crippen molar-refractivity contribution in [2.24, 2.45) is 5.92 Å². The van der Waals surface area contributed by atoms with E-state index in [4.69, 9.17) is 4.74 Å². The van der Waals surface area contributed by atoms with Gasteiger partial charge < -0.3 is 15.0 Å². The molecule has 1 atom stereocenters. The quantitative estimate of drug-likeness (QED) is 0.534. The molecule has 7 nitrogen and oxygen atoms in total. The minimum Gasteiger partial charge on any atom is -0.410 e. The number of benzene rings is 3. The second-order valence-corrected chi connectivity index (χ2v) is 8.45. The third kappa shape index (κ3) is 4.93. The van der Waals surface area contributed by atoms with Crippen LogP contribution < -0.4 is 19.9 Å². The van der Waals surface area contributed by atoms with Crippen molar-refractivity contribution in [3.05, 3.63) is 84.9 Å². The summed E-state index contributed by atoms with van der Waals surface area (Å²) in [7, 11) is 0. The molecule has 0 saturated carbocycles. The fraction of sp³-hybridized carbons (Fsp3) is 0.222. The molecule has 0 aromatic heterocycles. The van der Waals surface area contributed by atoms with E-state index in [-0.39, 0.29) is 0 Å². The van der Waals surface area contributed by atoms with Gasteiger partial charge in [0.15, 0.2) is 6.04 Å². The van der Waals surface area contributed by atoms with Crippen LogP contribution in [0.15, 0.2) is 84.9 Å². The number of amides is 3. The summed E-state index contributed by atoms with van der Waals surface area (Å²) >= 11 is 0. The molecule has 174 valence electrons. The van der Waals surface area contributed by atoms with Crippen molar-refractivity contribution in [1.82, 2.24) is 5.32 Å². The maximum Gasteiger partial charge on any atom is 0.413 e. The van der Waals surface area contributed by atoms with E-state index in [1.165, 1.54) is 4.90 Å². The van der Waals surface area contributed by atoms with E-state index >= 15 is 0 Å². The van der Waals surface area contributed by atoms with E-state index in [1.807, 2.05) is 36.4 Å². The lowest BCUT2D eigenvalue weighted by Crippen LogP contribution is -2.55. The van der Waals surface area contributed by atoms with Crippen LogP contribution in [-0.4, -0.2) is 30.5 Å². The molecule has 1 N–H and O–H groups in total. The predicted molar refractivity (Wildman–Crippen MR) is 131 cm³/mol. The molecule has 1 aliphatic heterocycles. The number of nitrogens with one attached hydrogen (secondary N) is 1. The van der Waals surface area contributed by atoms with Crippen molar-refractivity contribution in [1.29, 1.82) is 0 Å². The molecular formula is C27H27N3O4. The molecular weight excluding hydrogens is 430 g/mol. The van der Waals surface area contributed by atoms with Gasteiger partial charge in [-0.3, -0.25) is 14.5 Å². The molecule has 0 bridgehead atoms. The average molecular weight is 458 g/mol. The number of carbonyl (C=O) groups is 3. The molecule has 0 aliphatic carbocycles. The van der Waals surface area contributed by atoms with Crippen LogP contribution >= 0.6 is 0 Å². The summed E-state index contributed by atoms with van der Waals surface area (Å²) in [6, 6.07) is 23.4. The number of fused-ring (bicyclic) bond motifs is 1. The molecule has 4 rings (SSSR count). The summed E-state index contributed by atoms with van der Waals surface area (Å²) in [5, 5.41) is 2.52. The molecule has 1 aliphatic rings. The summed E-state index contributed by atoms with van der Waals surface area (Å²) < 4.78 is 5.31. The Morgan fingerprint density at radius 1 is 0.853 bits per heavy atom. The van der Waals surface area contributed by atoms with Crippen molar-refractivity contribution in [3.63, 3.8) is 0 Å². The van der Waals surface area contributed by atoms with Crippen molar-refractivity contribution in [2.75, 3.05) is 16.3 Å². The second kappa shape index (κ2) is 10.2. The Bertz CT molecular complexity index is 1160. The number of carbonyl (C=O) groups excluding carboxylic acids is 3. The van der Waals surface area contributed by atoms with E-state index in [1.54, 1.807) is 53.4 Å². The Morgan fingerprint density at radius 2 is 1.44 bits per heavy atom. The molecule has 0 fully saturated rings. The third-order valence-corrected chi connectivity index (χ3v) is 5.55. The molecule has 0 saturated heterocycles. The highest BCUT2D eigenvalue weighted by Crippen LogP contribution is 2.38. The lowest BCUT2D eigenvalue weighted by Gasteiger charge is -2.26. The minimum absolute atomic E-state index is 0.313. The molecule has 1 heterocycles. The zero-order valence-corrected chi connectivity index (χ0v) is 19.2. The highest BCUT2D eigenvalue weighted by molar-refractivity contribution is 6.23. The van der Waals surface area contributed by atoms with Crippen LogP contribution in [0.5, 0.6) is 5.75 Å². The summed E-state index contributed by atoms with van der Waals surface area (Å²) in [5.41, 5.74) is 1.80. The lowest BCUT2D eigenvalue weighted by molar-refractivity contribution is -0.128. The normalized spacial score (nSPS) is 15.7. The van der Waals surface area contributed by atoms with E-state index in [0.717, 1.165) is 6.42 Å². The van der Waals surface area contributed by atoms with Gasteiger partial charge in [0.2, 0.25) is 0 Å². The van der Waals surface area contributed by atoms with Gasteiger partial charge in [0.1, 0.15) is 5.75 Å². The van der Waals surface area contributed by atoms with Crippen LogP contribution in [0.1, 0.15) is 20.3 Å². The van der Waals surface area contributed by atoms with E-state index in [2.05, 4.69) is 19.2 Å². The number of anilines is 3. The van der Waals surface area contributed by atoms with Gasteiger partial charge in [0.05, 0.1) is 11.4 Å². The smallest absolute Gasteiger partial charge is 0.410 e. The third-order valence-electron chi connectivity index (χ3n) is 5.55. The fourth-order valence-electron chi connectivity index (χ4n) is 3.84. The first-order chi connectivity index (χ1) is 16.5. The fourth-order valence-corrected chi connectivity index (χ4v) is 3.84. The first-order valence-corrected chi connectivity index (χ1v) is 11.3. The van der Waals surface area contributed by atoms with Crippen LogP contribution in [0.25, 0.3) is 0 Å². The molecule has 34 heavy (non-hydrogen) atoms. The van der Waals surface area contributed by atoms with Crippen LogP contribution in [0.4, 0.5) is 21.9 Å². The Kier molecular flexibility index (Phi) is 6.92. The number of hydrogen-bond acceptors (Lipinski definition) is 4. The number of rotatable bonds is 6. The molecule has 1 unspecified atom stereocenters. The summed E-state index contributed by atoms with van der Waals surface area (Å²) in [4.78, 5) is 43.3. The first-order valence-electron chi connectivity index (χ1n) is 11.3. The maximum absolute atomic E-state index is 13.8. The van der Waals surface area contributed by atoms with Gasteiger partial charge in [-0.25, -0.2) is 4.79 Å². The summed E-state index contributed by atoms with van der Waals surface area (Å²) in [6.07, 6.45) is -0.137. The molecule has 3 aromatic rings. The Balaban J connectivity index is 1.74. The largest absolute Gasteiger partial charge is 0.413 e. The topological polar surface area (TPSA) is 79.0 Å². The van der Waals surface area contributed by atoms with Crippen LogP contribution in [0.3, 0.4) is 0 Å². The maximum atomic E-state index is 13.8. The van der Waals surface area contributed by atoms with Crippen molar-refractivity contribution in [3.8, 4) is 5.75 Å². The molecule has 0 radical (unpaired) electrons. The number of ether oxygens (including phenoxy) is 1. The van der Waals surface area contributed by atoms with E-state index in [0.29, 0.717) is 35.3 Å². The lowest BCUT2D eigenvalue weighted by atomic mass is 10.1. The number of nitrogens with zero attached hydrogens (tertiary/aromatic N) is 2. The van der Waals surface area contributed by atoms with Gasteiger partial charge in [-0.15, -0.1) is 0 Å². The average Bonchev–Trinajstić information content (AvgIpc) is 2.92. The first kappa shape index (κ1) is 23.0. The highest BCUT2D eigenvalue weighted by atomic mass is 16.6. The van der Waals surface area contributed by atoms with E-state index < -0.39 is 23.9 Å². The second-order valence-electron chi connectivity index (χ2n) is 8.45. The molecule has 3 amide bonds. The molecule has 3 aromatic carbocycles. The SMILES string of the molecule is CC(C)CCN1C(=O)C(NC(=O)Oc2ccccc2)C(=O)N(c2ccccc2)c2ccccc21. The van der Waals surface area contributed by atoms with Crippen LogP contribution in [0, 0.1) is 5.92 Å². The summed E-state index contributed by atoms with van der Waals surface area (Å²) in [5.74, 6) is -0.394. The van der Waals surface area contributed by atoms with Gasteiger partial charge in [0, 0.05) is 12.2 Å². The Hall–Kier alpha value is -4.13. The molecule has 0 spiro atoms. The zero-order chi connectivity index (χ0) is 24.1.